The zero-order valence-corrected chi connectivity index (χ0v) is 9.98. The van der Waals surface area contributed by atoms with Gasteiger partial charge >= 0.3 is 0 Å². The Morgan fingerprint density at radius 2 is 1.12 bits per heavy atom. The zero-order valence-electron chi connectivity index (χ0n) is 8.83. The Morgan fingerprint density at radius 3 is 1.50 bits per heavy atom. The van der Waals surface area contributed by atoms with E-state index in [2.05, 4.69) is 71.2 Å². The fourth-order valence-electron chi connectivity index (χ4n) is 0.362. The van der Waals surface area contributed by atoms with Gasteiger partial charge in [0.25, 0.3) is 0 Å². The SMILES string of the molecule is [3H]N(I)C#CC#CC#CC#CC#CC#CC#[C-]. The normalized spacial score (nSPS) is 4.88. The molecular formula is C14HIN-. The molecule has 0 amide bonds. The van der Waals surface area contributed by atoms with Crippen LogP contribution in [0.25, 0.3) is 0 Å². The van der Waals surface area contributed by atoms with Crippen molar-refractivity contribution in [3.05, 3.63) is 6.42 Å². The summed E-state index contributed by atoms with van der Waals surface area (Å²) in [4.78, 5) is 0. The second-order valence-electron chi connectivity index (χ2n) is 1.70. The maximum atomic E-state index is 6.90. The van der Waals surface area contributed by atoms with Crippen molar-refractivity contribution in [2.24, 2.45) is 0 Å². The van der Waals surface area contributed by atoms with Crippen LogP contribution in [-0.4, -0.2) is 0 Å². The van der Waals surface area contributed by atoms with Crippen molar-refractivity contribution in [2.45, 2.75) is 0 Å². The molecule has 0 aliphatic rings. The van der Waals surface area contributed by atoms with E-state index in [1.807, 2.05) is 5.92 Å². The van der Waals surface area contributed by atoms with Crippen molar-refractivity contribution in [3.8, 4) is 77.1 Å². The highest BCUT2D eigenvalue weighted by atomic mass is 127. The first-order valence-corrected chi connectivity index (χ1v) is 4.61. The van der Waals surface area contributed by atoms with Crippen LogP contribution in [0, 0.1) is 83.5 Å². The van der Waals surface area contributed by atoms with E-state index in [1.54, 1.807) is 22.9 Å². The van der Waals surface area contributed by atoms with Crippen molar-refractivity contribution in [3.63, 3.8) is 0 Å². The van der Waals surface area contributed by atoms with Crippen LogP contribution in [0.15, 0.2) is 0 Å². The van der Waals surface area contributed by atoms with Crippen LogP contribution in [0.2, 0.25) is 1.41 Å². The molecule has 0 rings (SSSR count). The third-order valence-electron chi connectivity index (χ3n) is 0.786. The predicted octanol–water partition coefficient (Wildman–Crippen LogP) is 0.494. The second-order valence-corrected chi connectivity index (χ2v) is 2.18. The molecule has 16 heavy (non-hydrogen) atoms. The lowest BCUT2D eigenvalue weighted by Gasteiger charge is -1.65. The largest absolute Gasteiger partial charge is 0.358 e. The predicted molar refractivity (Wildman–Crippen MR) is 70.9 cm³/mol. The van der Waals surface area contributed by atoms with E-state index in [0.717, 1.165) is 3.52 Å². The smallest absolute Gasteiger partial charge is 0.183 e. The van der Waals surface area contributed by atoms with Crippen molar-refractivity contribution >= 4 is 22.9 Å². The monoisotopic (exact) mass is 312 g/mol. The molecule has 0 heterocycles. The molecular weight excluding hydrogens is 309 g/mol. The van der Waals surface area contributed by atoms with Crippen LogP contribution in [0.5, 0.6) is 0 Å². The van der Waals surface area contributed by atoms with Crippen molar-refractivity contribution in [1.29, 1.82) is 0 Å². The van der Waals surface area contributed by atoms with Crippen molar-refractivity contribution < 1.29 is 1.41 Å². The molecule has 2 heteroatoms. The van der Waals surface area contributed by atoms with Gasteiger partial charge in [-0.25, -0.2) is 5.92 Å². The highest BCUT2D eigenvalue weighted by Crippen LogP contribution is 1.60. The van der Waals surface area contributed by atoms with E-state index in [-0.39, 0.29) is 0 Å². The summed E-state index contributed by atoms with van der Waals surface area (Å²) in [6.07, 6.45) is 6.46. The van der Waals surface area contributed by atoms with Crippen molar-refractivity contribution in [1.82, 2.24) is 3.52 Å². The molecule has 0 unspecified atom stereocenters. The molecule has 70 valence electrons. The molecule has 0 spiro atoms. The summed E-state index contributed by atoms with van der Waals surface area (Å²) in [5.74, 6) is 28.3. The third-order valence-corrected chi connectivity index (χ3v) is 1.03. The Morgan fingerprint density at radius 1 is 0.750 bits per heavy atom. The minimum Gasteiger partial charge on any atom is -0.358 e. The van der Waals surface area contributed by atoms with Gasteiger partial charge in [0.15, 0.2) is 1.41 Å². The first-order valence-electron chi connectivity index (χ1n) is 4.09. The summed E-state index contributed by atoms with van der Waals surface area (Å²) in [6, 6.07) is 2.38. The van der Waals surface area contributed by atoms with Crippen LogP contribution in [0.1, 0.15) is 0 Å². The first kappa shape index (κ1) is 11.5. The topological polar surface area (TPSA) is 12.0 Å². The van der Waals surface area contributed by atoms with Crippen LogP contribution < -0.4 is 3.52 Å². The molecule has 0 aromatic carbocycles. The molecule has 0 atom stereocenters. The number of hydrogen-bond acceptors (Lipinski definition) is 1. The van der Waals surface area contributed by atoms with Crippen LogP contribution in [-0.2, 0) is 0 Å². The Labute approximate surface area is 111 Å². The van der Waals surface area contributed by atoms with E-state index in [1.165, 1.54) is 0 Å². The molecule has 0 fully saturated rings. The molecule has 0 aromatic heterocycles. The van der Waals surface area contributed by atoms with Crippen LogP contribution >= 0.6 is 22.9 Å². The second kappa shape index (κ2) is 12.4. The highest BCUT2D eigenvalue weighted by Gasteiger charge is 1.56. The van der Waals surface area contributed by atoms with Crippen LogP contribution in [0.3, 0.4) is 0 Å². The van der Waals surface area contributed by atoms with Gasteiger partial charge in [0.1, 0.15) is 0 Å². The van der Waals surface area contributed by atoms with E-state index in [4.69, 9.17) is 7.84 Å². The quantitative estimate of drug-likeness (QED) is 0.226. The molecule has 0 radical (unpaired) electrons. The fraction of sp³-hybridized carbons (Fsp3) is 0. The summed E-state index contributed by atoms with van der Waals surface area (Å²) < 4.78 is 7.81. The maximum absolute atomic E-state index is 6.90. The van der Waals surface area contributed by atoms with E-state index < -0.39 is 0 Å². The number of rotatable bonds is 0. The molecule has 1 nitrogen and oxygen atoms in total. The minimum absolute atomic E-state index is 0.919. The van der Waals surface area contributed by atoms with Gasteiger partial charge in [-0.05, 0) is 29.6 Å². The standard InChI is InChI=1S/C14HIN/c1-2-3-4-5-6-7-8-9-10-11-12-13-14-16-15/h16H/q-1/i/hT. The average molecular weight is 312 g/mol. The highest BCUT2D eigenvalue weighted by molar-refractivity contribution is 14.1. The fourth-order valence-corrected chi connectivity index (χ4v) is 0.482. The Balaban J connectivity index is 4.24. The van der Waals surface area contributed by atoms with Gasteiger partial charge in [-0.3, -0.25) is 9.44 Å². The molecule has 0 aromatic rings. The summed E-state index contributed by atoms with van der Waals surface area (Å²) in [6.45, 7) is 0. The van der Waals surface area contributed by atoms with Gasteiger partial charge in [0, 0.05) is 29.7 Å². The Bertz CT molecular complexity index is 672. The Kier molecular flexibility index (Phi) is 8.97. The zero-order chi connectivity index (χ0) is 12.8. The maximum Gasteiger partial charge on any atom is 0.183 e. The third kappa shape index (κ3) is 11.4. The molecule has 0 aliphatic carbocycles. The van der Waals surface area contributed by atoms with Crippen molar-refractivity contribution in [2.75, 3.05) is 0 Å². The van der Waals surface area contributed by atoms with Crippen LogP contribution in [0.4, 0.5) is 0 Å². The molecule has 0 saturated heterocycles. The molecule has 0 bridgehead atoms. The van der Waals surface area contributed by atoms with Gasteiger partial charge < -0.3 is 6.42 Å². The number of hydrogen-bond donors (Lipinski definition) is 1. The summed E-state index contributed by atoms with van der Waals surface area (Å²) in [5, 5.41) is 0. The van der Waals surface area contributed by atoms with Gasteiger partial charge in [-0.15, -0.1) is 5.92 Å². The lowest BCUT2D eigenvalue weighted by atomic mass is 10.5. The molecule has 1 N–H and O–H groups in total. The van der Waals surface area contributed by atoms with E-state index >= 15 is 0 Å². The lowest BCUT2D eigenvalue weighted by molar-refractivity contribution is 1.61. The van der Waals surface area contributed by atoms with E-state index in [9.17, 15) is 0 Å². The number of halogens is 1. The number of nitrogens with one attached hydrogen (secondary N) is 1. The van der Waals surface area contributed by atoms with Gasteiger partial charge in [-0.1, -0.05) is 0 Å². The Hall–Kier alpha value is -2.55. The molecule has 0 saturated carbocycles. The van der Waals surface area contributed by atoms with Gasteiger partial charge in [0.2, 0.25) is 0 Å². The summed E-state index contributed by atoms with van der Waals surface area (Å²) in [5.41, 5.74) is 0. The summed E-state index contributed by atoms with van der Waals surface area (Å²) in [7, 11) is 0. The van der Waals surface area contributed by atoms with Gasteiger partial charge in [-0.2, -0.15) is 0 Å². The average Bonchev–Trinajstić information content (AvgIpc) is 2.30. The molecule has 0 aliphatic heterocycles. The van der Waals surface area contributed by atoms with E-state index in [0.29, 0.717) is 0 Å². The van der Waals surface area contributed by atoms with Gasteiger partial charge in [0.05, 0.1) is 22.9 Å². The lowest BCUT2D eigenvalue weighted by Crippen LogP contribution is -1.77. The summed E-state index contributed by atoms with van der Waals surface area (Å²) >= 11 is 1.69. The minimum atomic E-state index is 0.919. The first-order chi connectivity index (χ1) is 8.27.